The zero-order valence-electron chi connectivity index (χ0n) is 7.34. The van der Waals surface area contributed by atoms with Gasteiger partial charge >= 0.3 is 0 Å². The Balaban J connectivity index is 3.02. The van der Waals surface area contributed by atoms with Crippen molar-refractivity contribution in [2.75, 3.05) is 7.11 Å². The molecule has 0 unspecified atom stereocenters. The average molecular weight is 187 g/mol. The minimum absolute atomic E-state index is 0.334. The monoisotopic (exact) mass is 186 g/mol. The number of aromatic nitrogens is 2. The Morgan fingerprint density at radius 1 is 1.42 bits per heavy atom. The second kappa shape index (κ2) is 3.72. The van der Waals surface area contributed by atoms with Crippen LogP contribution in [0.3, 0.4) is 0 Å². The van der Waals surface area contributed by atoms with Crippen molar-refractivity contribution in [3.8, 4) is 5.88 Å². The molecule has 0 aromatic carbocycles. The summed E-state index contributed by atoms with van der Waals surface area (Å²) in [5, 5.41) is 8.27. The van der Waals surface area contributed by atoms with Crippen LogP contribution < -0.4 is 4.74 Å². The molecule has 0 spiro atoms. The first-order chi connectivity index (χ1) is 5.65. The quantitative estimate of drug-likeness (QED) is 0.711. The first-order valence-corrected chi connectivity index (χ1v) is 4.10. The van der Waals surface area contributed by atoms with Crippen LogP contribution in [0.5, 0.6) is 5.88 Å². The Labute approximate surface area is 76.7 Å². The van der Waals surface area contributed by atoms with Crippen molar-refractivity contribution in [1.82, 2.24) is 10.2 Å². The summed E-state index contributed by atoms with van der Waals surface area (Å²) in [6, 6.07) is 1.78. The maximum absolute atomic E-state index is 5.85. The molecule has 0 bridgehead atoms. The minimum Gasteiger partial charge on any atom is -0.479 e. The van der Waals surface area contributed by atoms with Crippen LogP contribution in [-0.4, -0.2) is 17.3 Å². The number of rotatable bonds is 2. The zero-order valence-corrected chi connectivity index (χ0v) is 8.09. The molecule has 3 nitrogen and oxygen atoms in total. The lowest BCUT2D eigenvalue weighted by Gasteiger charge is -2.05. The van der Waals surface area contributed by atoms with Gasteiger partial charge in [0.25, 0.3) is 5.88 Å². The summed E-state index contributed by atoms with van der Waals surface area (Å²) in [5.41, 5.74) is 0.876. The molecule has 0 saturated carbocycles. The van der Waals surface area contributed by atoms with E-state index in [4.69, 9.17) is 16.3 Å². The lowest BCUT2D eigenvalue weighted by atomic mass is 10.1. The van der Waals surface area contributed by atoms with Crippen molar-refractivity contribution < 1.29 is 4.74 Å². The summed E-state index contributed by atoms with van der Waals surface area (Å²) in [6.07, 6.45) is 0. The largest absolute Gasteiger partial charge is 0.479 e. The van der Waals surface area contributed by atoms with Gasteiger partial charge in [-0.25, -0.2) is 0 Å². The normalized spacial score (nSPS) is 10.4. The van der Waals surface area contributed by atoms with Crippen molar-refractivity contribution in [3.05, 3.63) is 16.8 Å². The van der Waals surface area contributed by atoms with Gasteiger partial charge in [-0.3, -0.25) is 0 Å². The Hall–Kier alpha value is -0.830. The summed E-state index contributed by atoms with van der Waals surface area (Å²) in [4.78, 5) is 0. The maximum Gasteiger partial charge on any atom is 0.252 e. The fourth-order valence-corrected chi connectivity index (χ4v) is 1.02. The van der Waals surface area contributed by atoms with Gasteiger partial charge in [0.2, 0.25) is 0 Å². The molecular formula is C8H11ClN2O. The van der Waals surface area contributed by atoms with Crippen LogP contribution in [0.25, 0.3) is 0 Å². The smallest absolute Gasteiger partial charge is 0.252 e. The molecule has 66 valence electrons. The van der Waals surface area contributed by atoms with Crippen molar-refractivity contribution in [2.24, 2.45) is 0 Å². The number of ether oxygens (including phenoxy) is 1. The molecule has 0 amide bonds. The predicted molar refractivity (Wildman–Crippen MR) is 47.7 cm³/mol. The number of hydrogen-bond donors (Lipinski definition) is 0. The van der Waals surface area contributed by atoms with Gasteiger partial charge in [-0.05, 0) is 12.0 Å². The molecule has 0 N–H and O–H groups in total. The number of methoxy groups -OCH3 is 1. The second-order valence-corrected chi connectivity index (χ2v) is 3.19. The van der Waals surface area contributed by atoms with E-state index in [0.717, 1.165) is 5.69 Å². The predicted octanol–water partition coefficient (Wildman–Crippen LogP) is 2.26. The molecule has 0 aliphatic rings. The highest BCUT2D eigenvalue weighted by atomic mass is 35.5. The van der Waals surface area contributed by atoms with E-state index in [-0.39, 0.29) is 0 Å². The van der Waals surface area contributed by atoms with Crippen molar-refractivity contribution in [1.29, 1.82) is 0 Å². The summed E-state index contributed by atoms with van der Waals surface area (Å²) in [6.45, 7) is 4.07. The van der Waals surface area contributed by atoms with E-state index in [0.29, 0.717) is 16.8 Å². The fraction of sp³-hybridized carbons (Fsp3) is 0.500. The van der Waals surface area contributed by atoms with E-state index >= 15 is 0 Å². The van der Waals surface area contributed by atoms with Gasteiger partial charge in [0.05, 0.1) is 12.8 Å². The second-order valence-electron chi connectivity index (χ2n) is 2.78. The lowest BCUT2D eigenvalue weighted by Crippen LogP contribution is -1.98. The topological polar surface area (TPSA) is 35.0 Å². The molecule has 4 heteroatoms. The van der Waals surface area contributed by atoms with Gasteiger partial charge in [-0.15, -0.1) is 5.10 Å². The average Bonchev–Trinajstić information content (AvgIpc) is 2.04. The Kier molecular flexibility index (Phi) is 2.87. The molecule has 0 saturated heterocycles. The molecule has 12 heavy (non-hydrogen) atoms. The molecule has 0 atom stereocenters. The highest BCUT2D eigenvalue weighted by Crippen LogP contribution is 2.23. The molecule has 1 rings (SSSR count). The highest BCUT2D eigenvalue weighted by Gasteiger charge is 2.07. The van der Waals surface area contributed by atoms with E-state index in [9.17, 15) is 0 Å². The fourth-order valence-electron chi connectivity index (χ4n) is 0.792. The third-order valence-corrected chi connectivity index (χ3v) is 1.79. The van der Waals surface area contributed by atoms with Crippen LogP contribution >= 0.6 is 11.6 Å². The molecule has 0 aliphatic carbocycles. The highest BCUT2D eigenvalue weighted by molar-refractivity contribution is 6.31. The van der Waals surface area contributed by atoms with E-state index in [1.54, 1.807) is 6.07 Å². The SMILES string of the molecule is COc1nnc(C(C)C)cc1Cl. The van der Waals surface area contributed by atoms with E-state index in [1.165, 1.54) is 7.11 Å². The van der Waals surface area contributed by atoms with Crippen LogP contribution in [0, 0.1) is 0 Å². The van der Waals surface area contributed by atoms with Gasteiger partial charge in [0, 0.05) is 0 Å². The van der Waals surface area contributed by atoms with Gasteiger partial charge < -0.3 is 4.74 Å². The van der Waals surface area contributed by atoms with Crippen molar-refractivity contribution in [2.45, 2.75) is 19.8 Å². The summed E-state index contributed by atoms with van der Waals surface area (Å²) >= 11 is 5.85. The first-order valence-electron chi connectivity index (χ1n) is 3.72. The van der Waals surface area contributed by atoms with Gasteiger partial charge in [-0.2, -0.15) is 5.10 Å². The Bertz CT molecular complexity index is 276. The molecule has 0 aliphatic heterocycles. The third kappa shape index (κ3) is 1.85. The van der Waals surface area contributed by atoms with E-state index < -0.39 is 0 Å². The molecule has 1 aromatic heterocycles. The maximum atomic E-state index is 5.85. The molecule has 0 fully saturated rings. The molecule has 1 heterocycles. The van der Waals surface area contributed by atoms with Crippen LogP contribution in [0.15, 0.2) is 6.07 Å². The molecule has 1 aromatic rings. The Morgan fingerprint density at radius 2 is 2.08 bits per heavy atom. The van der Waals surface area contributed by atoms with Crippen LogP contribution in [0.1, 0.15) is 25.5 Å². The summed E-state index contributed by atoms with van der Waals surface area (Å²) in [5.74, 6) is 0.710. The van der Waals surface area contributed by atoms with Crippen molar-refractivity contribution >= 4 is 11.6 Å². The zero-order chi connectivity index (χ0) is 9.14. The van der Waals surface area contributed by atoms with Crippen molar-refractivity contribution in [3.63, 3.8) is 0 Å². The lowest BCUT2D eigenvalue weighted by molar-refractivity contribution is 0.391. The van der Waals surface area contributed by atoms with E-state index in [2.05, 4.69) is 10.2 Å². The Morgan fingerprint density at radius 3 is 2.50 bits per heavy atom. The van der Waals surface area contributed by atoms with Crippen LogP contribution in [-0.2, 0) is 0 Å². The summed E-state index contributed by atoms with van der Waals surface area (Å²) < 4.78 is 4.87. The standard InChI is InChI=1S/C8H11ClN2O/c1-5(2)7-4-6(9)8(12-3)11-10-7/h4-5H,1-3H3. The molecule has 0 radical (unpaired) electrons. The summed E-state index contributed by atoms with van der Waals surface area (Å²) in [7, 11) is 1.52. The van der Waals surface area contributed by atoms with Crippen LogP contribution in [0.2, 0.25) is 5.02 Å². The van der Waals surface area contributed by atoms with Gasteiger partial charge in [0.15, 0.2) is 0 Å². The minimum atomic E-state index is 0.334. The van der Waals surface area contributed by atoms with Gasteiger partial charge in [-0.1, -0.05) is 25.4 Å². The van der Waals surface area contributed by atoms with Crippen LogP contribution in [0.4, 0.5) is 0 Å². The van der Waals surface area contributed by atoms with E-state index in [1.807, 2.05) is 13.8 Å². The number of hydrogen-bond acceptors (Lipinski definition) is 3. The third-order valence-electron chi connectivity index (χ3n) is 1.52. The molecular weight excluding hydrogens is 176 g/mol. The van der Waals surface area contributed by atoms with Gasteiger partial charge in [0.1, 0.15) is 5.02 Å². The number of halogens is 1. The number of nitrogens with zero attached hydrogens (tertiary/aromatic N) is 2. The first kappa shape index (κ1) is 9.26.